The predicted molar refractivity (Wildman–Crippen MR) is 176 cm³/mol. The number of fused-ring (bicyclic) bond motifs is 2. The first-order valence-electron chi connectivity index (χ1n) is 14.8. The summed E-state index contributed by atoms with van der Waals surface area (Å²) in [6, 6.07) is 15.0. The fraction of sp³-hybridized carbons (Fsp3) is 0.353. The number of halogens is 1. The third-order valence-electron chi connectivity index (χ3n) is 7.34. The van der Waals surface area contributed by atoms with Crippen LogP contribution in [0, 0.1) is 0 Å². The van der Waals surface area contributed by atoms with Gasteiger partial charge in [-0.3, -0.25) is 9.78 Å². The zero-order valence-corrected chi connectivity index (χ0v) is 26.7. The van der Waals surface area contributed by atoms with E-state index in [0.717, 1.165) is 53.7 Å². The molecule has 3 aromatic carbocycles. The summed E-state index contributed by atoms with van der Waals surface area (Å²) in [6.45, 7) is 6.96. The molecule has 9 nitrogen and oxygen atoms in total. The van der Waals surface area contributed by atoms with E-state index in [4.69, 9.17) is 28.7 Å². The second kappa shape index (κ2) is 14.9. The number of aryl methyl sites for hydroxylation is 1. The smallest absolute Gasteiger partial charge is 0.255 e. The molecule has 0 bridgehead atoms. The van der Waals surface area contributed by atoms with Gasteiger partial charge in [0.05, 0.1) is 45.2 Å². The Morgan fingerprint density at radius 2 is 1.43 bits per heavy atom. The monoisotopic (exact) mass is 621 g/mol. The fourth-order valence-corrected chi connectivity index (χ4v) is 5.43. The molecule has 1 aliphatic rings. The SMILES string of the molecule is CCOc1cc(C(=O)Nc2ccc3nc4c(c(Nc5ccc(OC)c(OC)c5)c3c2)CCCC4)cc(OCC)c1OCC.Cl. The van der Waals surface area contributed by atoms with Crippen molar-refractivity contribution in [3.05, 3.63) is 65.4 Å². The number of amides is 1. The van der Waals surface area contributed by atoms with Crippen LogP contribution in [0.4, 0.5) is 17.1 Å². The third-order valence-corrected chi connectivity index (χ3v) is 7.34. The first-order chi connectivity index (χ1) is 21.0. The van der Waals surface area contributed by atoms with Crippen molar-refractivity contribution < 1.29 is 28.5 Å². The molecule has 5 rings (SSSR count). The van der Waals surface area contributed by atoms with E-state index in [9.17, 15) is 4.79 Å². The van der Waals surface area contributed by atoms with E-state index in [1.54, 1.807) is 26.4 Å². The van der Waals surface area contributed by atoms with Gasteiger partial charge in [-0.05, 0) is 94.5 Å². The molecular weight excluding hydrogens is 582 g/mol. The maximum Gasteiger partial charge on any atom is 0.255 e. The Hall–Kier alpha value is -4.37. The number of aromatic nitrogens is 1. The van der Waals surface area contributed by atoms with Crippen molar-refractivity contribution in [1.82, 2.24) is 4.98 Å². The van der Waals surface area contributed by atoms with Gasteiger partial charge >= 0.3 is 0 Å². The van der Waals surface area contributed by atoms with E-state index < -0.39 is 0 Å². The third kappa shape index (κ3) is 6.89. The summed E-state index contributed by atoms with van der Waals surface area (Å²) in [4.78, 5) is 18.6. The molecule has 0 radical (unpaired) electrons. The van der Waals surface area contributed by atoms with Gasteiger partial charge in [-0.15, -0.1) is 12.4 Å². The molecule has 0 fully saturated rings. The van der Waals surface area contributed by atoms with Crippen molar-refractivity contribution in [2.24, 2.45) is 0 Å². The summed E-state index contributed by atoms with van der Waals surface area (Å²) in [5.74, 6) is 2.45. The van der Waals surface area contributed by atoms with Crippen molar-refractivity contribution in [2.45, 2.75) is 46.5 Å². The van der Waals surface area contributed by atoms with Crippen molar-refractivity contribution in [3.8, 4) is 28.7 Å². The highest BCUT2D eigenvalue weighted by atomic mass is 35.5. The molecule has 1 heterocycles. The van der Waals surface area contributed by atoms with Gasteiger partial charge in [0.25, 0.3) is 5.91 Å². The predicted octanol–water partition coefficient (Wildman–Crippen LogP) is 7.74. The minimum Gasteiger partial charge on any atom is -0.493 e. The van der Waals surface area contributed by atoms with Gasteiger partial charge in [-0.2, -0.15) is 0 Å². The lowest BCUT2D eigenvalue weighted by atomic mass is 9.92. The zero-order valence-electron chi connectivity index (χ0n) is 25.9. The van der Waals surface area contributed by atoms with E-state index in [2.05, 4.69) is 10.6 Å². The molecule has 0 unspecified atom stereocenters. The van der Waals surface area contributed by atoms with Crippen molar-refractivity contribution in [2.75, 3.05) is 44.7 Å². The summed E-state index contributed by atoms with van der Waals surface area (Å²) >= 11 is 0. The van der Waals surface area contributed by atoms with E-state index >= 15 is 0 Å². The molecule has 234 valence electrons. The zero-order chi connectivity index (χ0) is 30.3. The topological polar surface area (TPSA) is 100 Å². The summed E-state index contributed by atoms with van der Waals surface area (Å²) in [7, 11) is 3.25. The van der Waals surface area contributed by atoms with Gasteiger partial charge in [0, 0.05) is 34.1 Å². The van der Waals surface area contributed by atoms with Crippen LogP contribution in [0.3, 0.4) is 0 Å². The molecule has 0 spiro atoms. The molecule has 0 aliphatic heterocycles. The van der Waals surface area contributed by atoms with E-state index in [1.165, 1.54) is 5.56 Å². The molecule has 1 aliphatic carbocycles. The average Bonchev–Trinajstić information content (AvgIpc) is 3.02. The number of anilines is 3. The molecule has 44 heavy (non-hydrogen) atoms. The van der Waals surface area contributed by atoms with Gasteiger partial charge in [-0.25, -0.2) is 0 Å². The maximum absolute atomic E-state index is 13.6. The van der Waals surface area contributed by atoms with Crippen LogP contribution in [0.15, 0.2) is 48.5 Å². The number of benzene rings is 3. The number of ether oxygens (including phenoxy) is 5. The Labute approximate surface area is 264 Å². The summed E-state index contributed by atoms with van der Waals surface area (Å²) < 4.78 is 28.4. The van der Waals surface area contributed by atoms with Crippen molar-refractivity contribution >= 4 is 46.3 Å². The molecule has 0 atom stereocenters. The molecule has 2 N–H and O–H groups in total. The van der Waals surface area contributed by atoms with Gasteiger partial charge in [0.15, 0.2) is 23.0 Å². The Morgan fingerprint density at radius 1 is 0.773 bits per heavy atom. The average molecular weight is 622 g/mol. The maximum atomic E-state index is 13.6. The van der Waals surface area contributed by atoms with E-state index in [-0.39, 0.29) is 18.3 Å². The van der Waals surface area contributed by atoms with Gasteiger partial charge in [0.2, 0.25) is 5.75 Å². The fourth-order valence-electron chi connectivity index (χ4n) is 5.43. The normalized spacial score (nSPS) is 12.0. The Bertz CT molecular complexity index is 1600. The quantitative estimate of drug-likeness (QED) is 0.166. The first kappa shape index (κ1) is 32.5. The minimum absolute atomic E-state index is 0. The molecule has 1 aromatic heterocycles. The van der Waals surface area contributed by atoms with Crippen molar-refractivity contribution in [1.29, 1.82) is 0 Å². The summed E-state index contributed by atoms with van der Waals surface area (Å²) in [5, 5.41) is 7.62. The number of hydrogen-bond donors (Lipinski definition) is 2. The molecule has 0 saturated carbocycles. The Morgan fingerprint density at radius 3 is 2.09 bits per heavy atom. The molecule has 4 aromatic rings. The molecule has 10 heteroatoms. The number of pyridine rings is 1. The lowest BCUT2D eigenvalue weighted by Crippen LogP contribution is -2.14. The van der Waals surface area contributed by atoms with Crippen LogP contribution in [0.25, 0.3) is 10.9 Å². The highest BCUT2D eigenvalue weighted by molar-refractivity contribution is 6.07. The van der Waals surface area contributed by atoms with Crippen LogP contribution in [-0.4, -0.2) is 44.9 Å². The van der Waals surface area contributed by atoms with Crippen LogP contribution in [-0.2, 0) is 12.8 Å². The first-order valence-corrected chi connectivity index (χ1v) is 14.8. The van der Waals surface area contributed by atoms with Gasteiger partial charge < -0.3 is 34.3 Å². The highest BCUT2D eigenvalue weighted by Crippen LogP contribution is 2.40. The van der Waals surface area contributed by atoms with Gasteiger partial charge in [0.1, 0.15) is 0 Å². The Kier molecular flexibility index (Phi) is 11.0. The molecular formula is C34H40ClN3O6. The second-order valence-corrected chi connectivity index (χ2v) is 10.1. The highest BCUT2D eigenvalue weighted by Gasteiger charge is 2.21. The summed E-state index contributed by atoms with van der Waals surface area (Å²) in [5.41, 5.74) is 6.08. The lowest BCUT2D eigenvalue weighted by Gasteiger charge is -2.22. The van der Waals surface area contributed by atoms with Crippen LogP contribution in [0.5, 0.6) is 28.7 Å². The van der Waals surface area contributed by atoms with E-state index in [0.29, 0.717) is 59.8 Å². The molecule has 0 saturated heterocycles. The minimum atomic E-state index is -0.287. The largest absolute Gasteiger partial charge is 0.493 e. The standard InChI is InChI=1S/C34H39N3O6.ClH/c1-6-41-30-17-21(18-31(42-7-2)33(30)43-8-3)34(38)36-22-13-15-27-25(19-22)32(24-11-9-10-12-26(24)37-27)35-23-14-16-28(39-4)29(20-23)40-5;/h13-20H,6-12H2,1-5H3,(H,35,37)(H,36,38);1H. The van der Waals surface area contributed by atoms with Crippen LogP contribution in [0.1, 0.15) is 55.2 Å². The summed E-state index contributed by atoms with van der Waals surface area (Å²) in [6.07, 6.45) is 4.08. The van der Waals surface area contributed by atoms with Crippen LogP contribution >= 0.6 is 12.4 Å². The van der Waals surface area contributed by atoms with Gasteiger partial charge in [-0.1, -0.05) is 0 Å². The van der Waals surface area contributed by atoms with Crippen molar-refractivity contribution in [3.63, 3.8) is 0 Å². The van der Waals surface area contributed by atoms with Crippen LogP contribution in [0.2, 0.25) is 0 Å². The lowest BCUT2D eigenvalue weighted by molar-refractivity contribution is 0.102. The number of rotatable bonds is 12. The number of carbonyl (C=O) groups is 1. The number of methoxy groups -OCH3 is 2. The second-order valence-electron chi connectivity index (χ2n) is 10.1. The number of hydrogen-bond acceptors (Lipinski definition) is 8. The Balaban J connectivity index is 0.00000442. The van der Waals surface area contributed by atoms with E-state index in [1.807, 2.05) is 57.2 Å². The number of carbonyl (C=O) groups excluding carboxylic acids is 1. The number of nitrogens with zero attached hydrogens (tertiary/aromatic N) is 1. The van der Waals surface area contributed by atoms with Crippen LogP contribution < -0.4 is 34.3 Å². The number of nitrogens with one attached hydrogen (secondary N) is 2. The molecule has 1 amide bonds.